The number of unbranched alkanes of at least 4 members (excludes halogenated alkanes) is 1. The summed E-state index contributed by atoms with van der Waals surface area (Å²) in [6.45, 7) is 0.220. The van der Waals surface area contributed by atoms with Crippen LogP contribution in [0.3, 0.4) is 0 Å². The monoisotopic (exact) mass is 316 g/mol. The van der Waals surface area contributed by atoms with Gasteiger partial charge < -0.3 is 4.74 Å². The van der Waals surface area contributed by atoms with Crippen molar-refractivity contribution in [3.05, 3.63) is 29.8 Å². The van der Waals surface area contributed by atoms with Gasteiger partial charge in [-0.1, -0.05) is 0 Å². The zero-order valence-corrected chi connectivity index (χ0v) is 11.4. The fourth-order valence-electron chi connectivity index (χ4n) is 1.31. The average molecular weight is 317 g/mol. The number of ether oxygens (including phenoxy) is 1. The molecule has 0 atom stereocenters. The first kappa shape index (κ1) is 16.1. The van der Waals surface area contributed by atoms with E-state index in [0.29, 0.717) is 18.6 Å². The molecule has 1 aromatic carbocycles. The number of benzene rings is 1. The van der Waals surface area contributed by atoms with E-state index in [0.717, 1.165) is 12.1 Å². The minimum atomic E-state index is -4.37. The molecule has 0 saturated carbocycles. The van der Waals surface area contributed by atoms with Crippen LogP contribution in [-0.2, 0) is 15.2 Å². The Hall–Kier alpha value is -0.950. The Morgan fingerprint density at radius 1 is 1.11 bits per heavy atom. The van der Waals surface area contributed by atoms with E-state index in [1.165, 1.54) is 12.1 Å². The van der Waals surface area contributed by atoms with E-state index < -0.39 is 20.8 Å². The smallest absolute Gasteiger partial charge is 0.416 e. The van der Waals surface area contributed by atoms with Gasteiger partial charge in [0.25, 0.3) is 0 Å². The normalized spacial score (nSPS) is 12.4. The fraction of sp³-hybridized carbons (Fsp3) is 0.455. The molecule has 0 saturated heterocycles. The number of hydrogen-bond acceptors (Lipinski definition) is 3. The third-order valence-corrected chi connectivity index (χ3v) is 3.47. The lowest BCUT2D eigenvalue weighted by Crippen LogP contribution is -2.05. The number of alkyl halides is 3. The van der Waals surface area contributed by atoms with Crippen molar-refractivity contribution >= 4 is 19.7 Å². The van der Waals surface area contributed by atoms with E-state index in [-0.39, 0.29) is 12.4 Å². The molecular formula is C11H12ClF3O3S. The molecule has 1 aromatic rings. The molecule has 19 heavy (non-hydrogen) atoms. The highest BCUT2D eigenvalue weighted by atomic mass is 35.7. The van der Waals surface area contributed by atoms with Crippen molar-refractivity contribution in [3.63, 3.8) is 0 Å². The van der Waals surface area contributed by atoms with E-state index in [1.54, 1.807) is 0 Å². The lowest BCUT2D eigenvalue weighted by molar-refractivity contribution is -0.137. The average Bonchev–Trinajstić information content (AvgIpc) is 2.26. The molecule has 0 aromatic heterocycles. The fourth-order valence-corrected chi connectivity index (χ4v) is 2.18. The molecule has 0 unspecified atom stereocenters. The van der Waals surface area contributed by atoms with E-state index in [2.05, 4.69) is 0 Å². The highest BCUT2D eigenvalue weighted by molar-refractivity contribution is 8.13. The van der Waals surface area contributed by atoms with Gasteiger partial charge in [-0.05, 0) is 37.1 Å². The molecule has 0 N–H and O–H groups in total. The number of rotatable bonds is 6. The molecule has 0 fully saturated rings. The second kappa shape index (κ2) is 6.47. The lowest BCUT2D eigenvalue weighted by atomic mass is 10.2. The molecule has 0 heterocycles. The SMILES string of the molecule is O=S(=O)(Cl)CCCCOc1ccc(C(F)(F)F)cc1. The Labute approximate surface area is 113 Å². The zero-order chi connectivity index (χ0) is 14.5. The van der Waals surface area contributed by atoms with Crippen molar-refractivity contribution in [3.8, 4) is 5.75 Å². The van der Waals surface area contributed by atoms with Crippen LogP contribution >= 0.6 is 10.7 Å². The van der Waals surface area contributed by atoms with Crippen LogP contribution in [0.25, 0.3) is 0 Å². The third kappa shape index (κ3) is 6.68. The van der Waals surface area contributed by atoms with Crippen LogP contribution < -0.4 is 4.74 Å². The van der Waals surface area contributed by atoms with Crippen LogP contribution in [0.5, 0.6) is 5.75 Å². The van der Waals surface area contributed by atoms with Gasteiger partial charge in [-0.3, -0.25) is 0 Å². The van der Waals surface area contributed by atoms with E-state index in [9.17, 15) is 21.6 Å². The Morgan fingerprint density at radius 3 is 2.16 bits per heavy atom. The van der Waals surface area contributed by atoms with Gasteiger partial charge in [0.05, 0.1) is 17.9 Å². The Balaban J connectivity index is 2.35. The first-order valence-corrected chi connectivity index (χ1v) is 7.89. The van der Waals surface area contributed by atoms with Crippen LogP contribution in [0, 0.1) is 0 Å². The minimum absolute atomic E-state index is 0.148. The topological polar surface area (TPSA) is 43.4 Å². The molecule has 0 aliphatic rings. The van der Waals surface area contributed by atoms with Crippen LogP contribution in [-0.4, -0.2) is 20.8 Å². The summed E-state index contributed by atoms with van der Waals surface area (Å²) >= 11 is 0. The maximum absolute atomic E-state index is 12.3. The molecule has 1 rings (SSSR count). The first-order chi connectivity index (χ1) is 8.68. The van der Waals surface area contributed by atoms with Gasteiger partial charge in [0, 0.05) is 10.7 Å². The summed E-state index contributed by atoms with van der Waals surface area (Å²) in [5.74, 6) is 0.159. The van der Waals surface area contributed by atoms with Gasteiger partial charge >= 0.3 is 6.18 Å². The predicted molar refractivity (Wildman–Crippen MR) is 65.8 cm³/mol. The van der Waals surface area contributed by atoms with Crippen LogP contribution in [0.15, 0.2) is 24.3 Å². The van der Waals surface area contributed by atoms with Gasteiger partial charge in [-0.25, -0.2) is 8.42 Å². The zero-order valence-electron chi connectivity index (χ0n) is 9.78. The molecule has 8 heteroatoms. The van der Waals surface area contributed by atoms with Gasteiger partial charge in [-0.15, -0.1) is 0 Å². The standard InChI is InChI=1S/C11H12ClF3O3S/c12-19(16,17)8-2-1-7-18-10-5-3-9(4-6-10)11(13,14)15/h3-6H,1-2,7-8H2. The summed E-state index contributed by atoms with van der Waals surface area (Å²) < 4.78 is 63.2. The maximum atomic E-state index is 12.3. The molecule has 0 radical (unpaired) electrons. The van der Waals surface area contributed by atoms with Crippen molar-refractivity contribution in [2.24, 2.45) is 0 Å². The van der Waals surface area contributed by atoms with Crippen LogP contribution in [0.4, 0.5) is 13.2 Å². The quantitative estimate of drug-likeness (QED) is 0.596. The van der Waals surface area contributed by atoms with Gasteiger partial charge in [0.1, 0.15) is 5.75 Å². The summed E-state index contributed by atoms with van der Waals surface area (Å²) in [7, 11) is 1.51. The molecule has 0 aliphatic carbocycles. The van der Waals surface area contributed by atoms with Crippen LogP contribution in [0.1, 0.15) is 18.4 Å². The van der Waals surface area contributed by atoms with Crippen molar-refractivity contribution < 1.29 is 26.3 Å². The first-order valence-electron chi connectivity index (χ1n) is 5.41. The van der Waals surface area contributed by atoms with Gasteiger partial charge in [0.15, 0.2) is 0 Å². The maximum Gasteiger partial charge on any atom is 0.416 e. The van der Waals surface area contributed by atoms with E-state index in [1.807, 2.05) is 0 Å². The molecule has 0 spiro atoms. The van der Waals surface area contributed by atoms with Gasteiger partial charge in [-0.2, -0.15) is 13.2 Å². The third-order valence-electron chi connectivity index (χ3n) is 2.23. The summed E-state index contributed by atoms with van der Waals surface area (Å²) in [6, 6.07) is 4.30. The lowest BCUT2D eigenvalue weighted by Gasteiger charge is -2.08. The summed E-state index contributed by atoms with van der Waals surface area (Å²) in [5.41, 5.74) is -0.743. The number of halogens is 4. The molecule has 0 bridgehead atoms. The van der Waals surface area contributed by atoms with Crippen molar-refractivity contribution in [2.75, 3.05) is 12.4 Å². The molecular weight excluding hydrogens is 305 g/mol. The van der Waals surface area contributed by atoms with Crippen molar-refractivity contribution in [2.45, 2.75) is 19.0 Å². The largest absolute Gasteiger partial charge is 0.494 e. The summed E-state index contributed by atoms with van der Waals surface area (Å²) in [4.78, 5) is 0. The highest BCUT2D eigenvalue weighted by Crippen LogP contribution is 2.30. The van der Waals surface area contributed by atoms with Gasteiger partial charge in [0.2, 0.25) is 9.05 Å². The van der Waals surface area contributed by atoms with Crippen molar-refractivity contribution in [1.82, 2.24) is 0 Å². The highest BCUT2D eigenvalue weighted by Gasteiger charge is 2.29. The number of hydrogen-bond donors (Lipinski definition) is 0. The summed E-state index contributed by atoms with van der Waals surface area (Å²) in [6.07, 6.45) is -3.58. The molecule has 0 aliphatic heterocycles. The van der Waals surface area contributed by atoms with Crippen LogP contribution in [0.2, 0.25) is 0 Å². The Kier molecular flexibility index (Phi) is 5.49. The minimum Gasteiger partial charge on any atom is -0.494 e. The molecule has 108 valence electrons. The molecule has 3 nitrogen and oxygen atoms in total. The Morgan fingerprint density at radius 2 is 1.68 bits per heavy atom. The Bertz CT molecular complexity index is 497. The second-order valence-electron chi connectivity index (χ2n) is 3.82. The van der Waals surface area contributed by atoms with E-state index in [4.69, 9.17) is 15.4 Å². The van der Waals surface area contributed by atoms with E-state index >= 15 is 0 Å². The second-order valence-corrected chi connectivity index (χ2v) is 6.72. The summed E-state index contributed by atoms with van der Waals surface area (Å²) in [5, 5.41) is 0. The van der Waals surface area contributed by atoms with Crippen molar-refractivity contribution in [1.29, 1.82) is 0 Å². The predicted octanol–water partition coefficient (Wildman–Crippen LogP) is 3.43. The molecule has 0 amide bonds.